The van der Waals surface area contributed by atoms with Crippen LogP contribution in [0.5, 0.6) is 11.5 Å². The molecule has 4 fully saturated rings. The summed E-state index contributed by atoms with van der Waals surface area (Å²) in [5.41, 5.74) is 0.897. The highest BCUT2D eigenvalue weighted by atomic mass is 32.2. The van der Waals surface area contributed by atoms with Gasteiger partial charge in [-0.2, -0.15) is 13.2 Å². The van der Waals surface area contributed by atoms with E-state index in [4.69, 9.17) is 19.2 Å². The van der Waals surface area contributed by atoms with Gasteiger partial charge in [-0.15, -0.1) is 11.3 Å². The van der Waals surface area contributed by atoms with Gasteiger partial charge in [0.15, 0.2) is 6.04 Å². The SMILES string of the molecule is CC(C)Oc1ccc(-c2cc(O[C@@H]3C[C@H]4C(=O)N[C@]5(C(=O)NS(=O)(=O)C6(C)CC6)C[C@H]5/C=C\CC[C@@H](C)C[C@@H](C)[C@H](N(C(=O)O)C5CCCOC5)C(=O)N4C3C(F)(F)F)cc(-c3cncs3)n2)cc1. The zero-order valence-corrected chi connectivity index (χ0v) is 40.7. The van der Waals surface area contributed by atoms with Gasteiger partial charge in [0.2, 0.25) is 21.8 Å². The monoisotopic (exact) mass is 1000 g/mol. The van der Waals surface area contributed by atoms with Crippen LogP contribution in [0.25, 0.3) is 21.8 Å². The number of aromatic nitrogens is 2. The van der Waals surface area contributed by atoms with E-state index in [1.807, 2.05) is 26.8 Å². The number of alkyl halides is 3. The number of sulfonamides is 1. The molecule has 1 aromatic carbocycles. The first-order chi connectivity index (χ1) is 32.6. The second-order valence-electron chi connectivity index (χ2n) is 19.8. The summed E-state index contributed by atoms with van der Waals surface area (Å²) < 4.78 is 94.0. The Balaban J connectivity index is 1.24. The first-order valence-electron chi connectivity index (χ1n) is 23.5. The third kappa shape index (κ3) is 10.6. The molecule has 16 nitrogen and oxygen atoms in total. The second kappa shape index (κ2) is 19.5. The summed E-state index contributed by atoms with van der Waals surface area (Å²) in [6.45, 7) is 9.02. The predicted molar refractivity (Wildman–Crippen MR) is 249 cm³/mol. The predicted octanol–water partition coefficient (Wildman–Crippen LogP) is 7.35. The Morgan fingerprint density at radius 1 is 1.07 bits per heavy atom. The standard InChI is InChI=1S/C48H59F3N6O10S2/c1-27(2)66-33-14-12-30(13-15-33)35-20-34(21-36(53-35)39-24-52-26-68-39)67-38-22-37-42(58)54-47(44(60)55-69(63,64)46(5)16-17-46)23-31(47)10-7-6-9-28(3)19-29(4)40(43(59)57(37)41(38)48(49,50)51)56(45(61)62)32-11-8-18-65-25-32/h7,10,12-15,20-21,24,26-29,31-32,37-38,40-41H,6,8-9,11,16-19,22-23,25H2,1-5H3,(H,54,58)(H,55,60)(H,61,62)/b10-7-/t28-,29-,31-,32?,37+,38-,40+,41?,47-/m1/s1. The number of carbonyl (C=O) groups excluding carboxylic acids is 3. The highest BCUT2D eigenvalue weighted by Gasteiger charge is 2.66. The Morgan fingerprint density at radius 2 is 1.80 bits per heavy atom. The number of fused-ring (bicyclic) bond motifs is 2. The number of nitrogens with one attached hydrogen (secondary N) is 2. The van der Waals surface area contributed by atoms with Crippen molar-refractivity contribution >= 4 is 45.2 Å². The molecule has 69 heavy (non-hydrogen) atoms. The molecule has 374 valence electrons. The number of rotatable bonds is 11. The van der Waals surface area contributed by atoms with Gasteiger partial charge in [-0.05, 0) is 108 Å². The van der Waals surface area contributed by atoms with Crippen LogP contribution in [0.15, 0.2) is 60.3 Å². The molecule has 8 rings (SSSR count). The number of thiazole rings is 1. The topological polar surface area (TPSA) is 207 Å². The van der Waals surface area contributed by atoms with Gasteiger partial charge in [0, 0.05) is 42.8 Å². The molecule has 2 aromatic heterocycles. The van der Waals surface area contributed by atoms with Gasteiger partial charge in [-0.25, -0.2) is 18.2 Å². The molecule has 2 unspecified atom stereocenters. The van der Waals surface area contributed by atoms with Gasteiger partial charge in [-0.3, -0.25) is 29.0 Å². The number of carboxylic acid groups (broad SMARTS) is 1. The van der Waals surface area contributed by atoms with Crippen molar-refractivity contribution in [3.8, 4) is 33.3 Å². The molecule has 3 N–H and O–H groups in total. The number of halogens is 3. The zero-order valence-electron chi connectivity index (χ0n) is 39.1. The molecule has 3 aromatic rings. The van der Waals surface area contributed by atoms with Crippen LogP contribution < -0.4 is 19.5 Å². The minimum Gasteiger partial charge on any atom is -0.491 e. The van der Waals surface area contributed by atoms with Gasteiger partial charge < -0.3 is 29.5 Å². The first kappa shape index (κ1) is 50.1. The number of hydrogen-bond donors (Lipinski definition) is 3. The lowest BCUT2D eigenvalue weighted by Crippen LogP contribution is -2.64. The fourth-order valence-corrected chi connectivity index (χ4v) is 11.9. The van der Waals surface area contributed by atoms with Crippen molar-refractivity contribution in [2.45, 2.75) is 145 Å². The molecule has 0 radical (unpaired) electrons. The highest BCUT2D eigenvalue weighted by Crippen LogP contribution is 2.49. The molecule has 9 atom stereocenters. The Hall–Kier alpha value is -5.28. The van der Waals surface area contributed by atoms with E-state index in [-0.39, 0.29) is 43.6 Å². The molecule has 3 aliphatic heterocycles. The fourth-order valence-electron chi connectivity index (χ4n) is 10.0. The first-order valence-corrected chi connectivity index (χ1v) is 25.8. The van der Waals surface area contributed by atoms with E-state index < -0.39 is 98.8 Å². The number of pyridine rings is 1. The number of nitrogens with zero attached hydrogens (tertiary/aromatic N) is 4. The van der Waals surface area contributed by atoms with Crippen LogP contribution >= 0.6 is 11.3 Å². The Morgan fingerprint density at radius 3 is 2.42 bits per heavy atom. The third-order valence-electron chi connectivity index (χ3n) is 14.0. The second-order valence-corrected chi connectivity index (χ2v) is 22.8. The molecule has 5 heterocycles. The lowest BCUT2D eigenvalue weighted by atomic mass is 9.86. The lowest BCUT2D eigenvalue weighted by Gasteiger charge is -2.43. The average molecular weight is 1000 g/mol. The van der Waals surface area contributed by atoms with E-state index in [2.05, 4.69) is 15.0 Å². The van der Waals surface area contributed by atoms with Crippen LogP contribution in [0.4, 0.5) is 18.0 Å². The lowest BCUT2D eigenvalue weighted by molar-refractivity contribution is -0.200. The van der Waals surface area contributed by atoms with Crippen LogP contribution in [0.1, 0.15) is 92.4 Å². The summed E-state index contributed by atoms with van der Waals surface area (Å²) >= 11 is 1.24. The summed E-state index contributed by atoms with van der Waals surface area (Å²) in [5.74, 6) is -4.69. The van der Waals surface area contributed by atoms with Crippen LogP contribution in [0, 0.1) is 17.8 Å². The number of hydrogen-bond acceptors (Lipinski definition) is 12. The highest BCUT2D eigenvalue weighted by molar-refractivity contribution is 7.91. The number of carbonyl (C=O) groups is 4. The molecule has 0 bridgehead atoms. The van der Waals surface area contributed by atoms with E-state index >= 15 is 22.8 Å². The zero-order chi connectivity index (χ0) is 49.6. The third-order valence-corrected chi connectivity index (χ3v) is 17.0. The van der Waals surface area contributed by atoms with E-state index in [0.717, 1.165) is 4.90 Å². The minimum atomic E-state index is -5.27. The summed E-state index contributed by atoms with van der Waals surface area (Å²) in [6.07, 6.45) is -2.03. The van der Waals surface area contributed by atoms with Crippen molar-refractivity contribution in [1.29, 1.82) is 0 Å². The van der Waals surface area contributed by atoms with Crippen LogP contribution in [-0.2, 0) is 29.1 Å². The van der Waals surface area contributed by atoms with Gasteiger partial charge in [-0.1, -0.05) is 26.0 Å². The molecular formula is C48H59F3N6O10S2. The van der Waals surface area contributed by atoms with Crippen molar-refractivity contribution in [3.05, 3.63) is 60.3 Å². The molecule has 2 saturated heterocycles. The summed E-state index contributed by atoms with van der Waals surface area (Å²) in [6, 6.07) is 2.46. The molecule has 2 aliphatic carbocycles. The maximum absolute atomic E-state index is 16.2. The van der Waals surface area contributed by atoms with Crippen molar-refractivity contribution in [2.75, 3.05) is 13.2 Å². The van der Waals surface area contributed by atoms with Crippen LogP contribution in [0.3, 0.4) is 0 Å². The normalized spacial score (nSPS) is 29.9. The Bertz CT molecular complexity index is 2530. The number of allylic oxidation sites excluding steroid dienone is 1. The van der Waals surface area contributed by atoms with Gasteiger partial charge >= 0.3 is 12.3 Å². The van der Waals surface area contributed by atoms with Crippen molar-refractivity contribution in [2.24, 2.45) is 17.8 Å². The van der Waals surface area contributed by atoms with Gasteiger partial charge in [0.1, 0.15) is 35.2 Å². The van der Waals surface area contributed by atoms with Crippen LogP contribution in [0.2, 0.25) is 0 Å². The number of benzene rings is 1. The van der Waals surface area contributed by atoms with Crippen molar-refractivity contribution in [1.82, 2.24) is 29.8 Å². The quantitative estimate of drug-likeness (QED) is 0.161. The summed E-state index contributed by atoms with van der Waals surface area (Å²) in [7, 11) is -4.22. The van der Waals surface area contributed by atoms with Crippen molar-refractivity contribution in [3.63, 3.8) is 0 Å². The number of amides is 4. The molecular weight excluding hydrogens is 942 g/mol. The summed E-state index contributed by atoms with van der Waals surface area (Å²) in [5, 5.41) is 13.5. The van der Waals surface area contributed by atoms with E-state index in [0.29, 0.717) is 71.2 Å². The van der Waals surface area contributed by atoms with Crippen LogP contribution in [-0.4, -0.2) is 123 Å². The van der Waals surface area contributed by atoms with E-state index in [1.54, 1.807) is 49.0 Å². The maximum Gasteiger partial charge on any atom is 0.412 e. The van der Waals surface area contributed by atoms with Crippen molar-refractivity contribution < 1.29 is 60.1 Å². The average Bonchev–Trinajstić information content (AvgIpc) is 4.05. The molecule has 4 amide bonds. The Kier molecular flexibility index (Phi) is 14.2. The van der Waals surface area contributed by atoms with E-state index in [9.17, 15) is 23.1 Å². The smallest absolute Gasteiger partial charge is 0.412 e. The number of ether oxygens (including phenoxy) is 3. The largest absolute Gasteiger partial charge is 0.491 e. The van der Waals surface area contributed by atoms with E-state index in [1.165, 1.54) is 30.4 Å². The summed E-state index contributed by atoms with van der Waals surface area (Å²) in [4.78, 5) is 69.0. The molecule has 21 heteroatoms. The Labute approximate surface area is 403 Å². The van der Waals surface area contributed by atoms with Gasteiger partial charge in [0.25, 0.3) is 5.91 Å². The molecule has 0 spiro atoms. The maximum atomic E-state index is 16.2. The molecule has 5 aliphatic rings. The molecule has 2 saturated carbocycles. The minimum absolute atomic E-state index is 0.0645. The van der Waals surface area contributed by atoms with Gasteiger partial charge in [0.05, 0.1) is 45.3 Å². The fraction of sp³-hybridized carbons (Fsp3) is 0.583.